The topological polar surface area (TPSA) is 47.0 Å². The first kappa shape index (κ1) is 17.7. The minimum atomic E-state index is -2.25. The van der Waals surface area contributed by atoms with E-state index in [9.17, 15) is 31.5 Å². The van der Waals surface area contributed by atoms with E-state index in [4.69, 9.17) is 0 Å². The number of nitrogens with zero attached hydrogens (tertiary/aromatic N) is 1. The molecule has 8 heteroatoms. The van der Waals surface area contributed by atoms with Crippen LogP contribution in [0.1, 0.15) is 39.8 Å². The van der Waals surface area contributed by atoms with Gasteiger partial charge in [0.1, 0.15) is 5.69 Å². The molecule has 0 bridgehead atoms. The number of pyridine rings is 1. The Labute approximate surface area is 133 Å². The number of aromatic nitrogens is 1. The molecule has 0 aliphatic rings. The van der Waals surface area contributed by atoms with Crippen LogP contribution in [-0.2, 0) is 6.42 Å². The summed E-state index contributed by atoms with van der Waals surface area (Å²) in [6.07, 6.45) is -0.0221. The van der Waals surface area contributed by atoms with Crippen LogP contribution in [0.2, 0.25) is 0 Å². The van der Waals surface area contributed by atoms with Gasteiger partial charge >= 0.3 is 0 Å². The molecule has 0 atom stereocenters. The van der Waals surface area contributed by atoms with E-state index in [1.165, 1.54) is 25.3 Å². The maximum Gasteiger partial charge on any atom is 0.200 e. The summed E-state index contributed by atoms with van der Waals surface area (Å²) in [5.41, 5.74) is -0.987. The highest BCUT2D eigenvalue weighted by Gasteiger charge is 2.26. The molecule has 1 aromatic heterocycles. The third-order valence-electron chi connectivity index (χ3n) is 3.35. The third-order valence-corrected chi connectivity index (χ3v) is 3.35. The van der Waals surface area contributed by atoms with Crippen molar-refractivity contribution in [2.75, 3.05) is 0 Å². The zero-order chi connectivity index (χ0) is 18.0. The lowest BCUT2D eigenvalue weighted by atomic mass is 10.0. The second kappa shape index (κ2) is 6.86. The van der Waals surface area contributed by atoms with E-state index < -0.39 is 53.3 Å². The molecule has 0 radical (unpaired) electrons. The Balaban J connectivity index is 2.24. The van der Waals surface area contributed by atoms with Gasteiger partial charge in [-0.15, -0.1) is 0 Å². The number of carbonyl (C=O) groups is 2. The fourth-order valence-electron chi connectivity index (χ4n) is 2.04. The van der Waals surface area contributed by atoms with Crippen molar-refractivity contribution in [1.29, 1.82) is 0 Å². The molecule has 0 unspecified atom stereocenters. The van der Waals surface area contributed by atoms with Crippen LogP contribution < -0.4 is 0 Å². The summed E-state index contributed by atoms with van der Waals surface area (Å²) in [5.74, 6) is -11.3. The van der Waals surface area contributed by atoms with Gasteiger partial charge in [-0.25, -0.2) is 22.0 Å². The number of hydrogen-bond donors (Lipinski definition) is 0. The standard InChI is InChI=1S/C16H10F5NO2/c1-7(23)8-4-5-22-10(6-8)11(24)3-2-9-12(17)14(19)16(21)15(20)13(9)18/h4-6H,2-3H2,1H3. The first-order chi connectivity index (χ1) is 11.2. The summed E-state index contributed by atoms with van der Waals surface area (Å²) >= 11 is 0. The minimum absolute atomic E-state index is 0.133. The fraction of sp³-hybridized carbons (Fsp3) is 0.188. The zero-order valence-corrected chi connectivity index (χ0v) is 12.3. The summed E-state index contributed by atoms with van der Waals surface area (Å²) in [5, 5.41) is 0. The molecule has 0 aliphatic carbocycles. The van der Waals surface area contributed by atoms with Gasteiger partial charge < -0.3 is 0 Å². The molecule has 0 amide bonds. The highest BCUT2D eigenvalue weighted by molar-refractivity contribution is 5.99. The Kier molecular flexibility index (Phi) is 5.06. The van der Waals surface area contributed by atoms with Gasteiger partial charge in [-0.2, -0.15) is 0 Å². The van der Waals surface area contributed by atoms with Gasteiger partial charge in [0.25, 0.3) is 0 Å². The van der Waals surface area contributed by atoms with Gasteiger partial charge in [-0.3, -0.25) is 14.6 Å². The molecule has 0 aliphatic heterocycles. The van der Waals surface area contributed by atoms with Crippen molar-refractivity contribution in [3.63, 3.8) is 0 Å². The summed E-state index contributed by atoms with van der Waals surface area (Å²) in [4.78, 5) is 26.9. The van der Waals surface area contributed by atoms with Crippen LogP contribution in [0.3, 0.4) is 0 Å². The number of benzene rings is 1. The molecule has 3 nitrogen and oxygen atoms in total. The predicted molar refractivity (Wildman–Crippen MR) is 73.1 cm³/mol. The molecule has 2 aromatic rings. The van der Waals surface area contributed by atoms with Crippen molar-refractivity contribution in [3.05, 3.63) is 64.2 Å². The van der Waals surface area contributed by atoms with Crippen molar-refractivity contribution in [2.45, 2.75) is 19.8 Å². The number of ketones is 2. The summed E-state index contributed by atoms with van der Waals surface area (Å²) < 4.78 is 66.2. The van der Waals surface area contributed by atoms with Crippen molar-refractivity contribution in [2.24, 2.45) is 0 Å². The molecule has 1 heterocycles. The number of carbonyl (C=O) groups excluding carboxylic acids is 2. The van der Waals surface area contributed by atoms with Crippen LogP contribution in [0.15, 0.2) is 18.3 Å². The predicted octanol–water partition coefficient (Wildman–Crippen LogP) is 3.80. The maximum atomic E-state index is 13.5. The third kappa shape index (κ3) is 3.32. The maximum absolute atomic E-state index is 13.5. The summed E-state index contributed by atoms with van der Waals surface area (Å²) in [7, 11) is 0. The molecule has 0 saturated heterocycles. The normalized spacial score (nSPS) is 10.8. The van der Waals surface area contributed by atoms with E-state index in [1.807, 2.05) is 0 Å². The Bertz CT molecular complexity index is 806. The average molecular weight is 343 g/mol. The lowest BCUT2D eigenvalue weighted by Gasteiger charge is -2.08. The van der Waals surface area contributed by atoms with Crippen LogP contribution in [0, 0.1) is 29.1 Å². The molecule has 0 saturated carbocycles. The molecule has 24 heavy (non-hydrogen) atoms. The molecule has 0 fully saturated rings. The van der Waals surface area contributed by atoms with Crippen LogP contribution in [-0.4, -0.2) is 16.6 Å². The molecule has 0 spiro atoms. The Hall–Kier alpha value is -2.64. The largest absolute Gasteiger partial charge is 0.295 e. The SMILES string of the molecule is CC(=O)c1ccnc(C(=O)CCc2c(F)c(F)c(F)c(F)c2F)c1. The first-order valence-corrected chi connectivity index (χ1v) is 6.74. The Morgan fingerprint density at radius 1 is 0.958 bits per heavy atom. The fourth-order valence-corrected chi connectivity index (χ4v) is 2.04. The molecular weight excluding hydrogens is 333 g/mol. The highest BCUT2D eigenvalue weighted by atomic mass is 19.2. The minimum Gasteiger partial charge on any atom is -0.295 e. The molecular formula is C16H10F5NO2. The molecule has 2 rings (SSSR count). The van der Waals surface area contributed by atoms with Gasteiger partial charge in [0.05, 0.1) is 0 Å². The molecule has 126 valence electrons. The summed E-state index contributed by atoms with van der Waals surface area (Å²) in [6.45, 7) is 1.28. The van der Waals surface area contributed by atoms with Crippen LogP contribution in [0.5, 0.6) is 0 Å². The average Bonchev–Trinajstić information content (AvgIpc) is 2.58. The Morgan fingerprint density at radius 2 is 1.50 bits per heavy atom. The van der Waals surface area contributed by atoms with E-state index in [1.54, 1.807) is 0 Å². The number of halogens is 5. The lowest BCUT2D eigenvalue weighted by Crippen LogP contribution is -2.11. The number of hydrogen-bond acceptors (Lipinski definition) is 3. The second-order valence-electron chi connectivity index (χ2n) is 4.96. The summed E-state index contributed by atoms with van der Waals surface area (Å²) in [6, 6.07) is 2.58. The van der Waals surface area contributed by atoms with E-state index in [-0.39, 0.29) is 17.0 Å². The second-order valence-corrected chi connectivity index (χ2v) is 4.96. The van der Waals surface area contributed by atoms with E-state index >= 15 is 0 Å². The van der Waals surface area contributed by atoms with E-state index in [0.29, 0.717) is 0 Å². The van der Waals surface area contributed by atoms with E-state index in [0.717, 1.165) is 0 Å². The quantitative estimate of drug-likeness (QED) is 0.359. The smallest absolute Gasteiger partial charge is 0.200 e. The van der Waals surface area contributed by atoms with Crippen LogP contribution in [0.4, 0.5) is 22.0 Å². The van der Waals surface area contributed by atoms with Crippen molar-refractivity contribution < 1.29 is 31.5 Å². The van der Waals surface area contributed by atoms with Crippen molar-refractivity contribution in [3.8, 4) is 0 Å². The van der Waals surface area contributed by atoms with Crippen LogP contribution >= 0.6 is 0 Å². The number of Topliss-reactive ketones (excluding diaryl/α,β-unsaturated/α-hetero) is 2. The first-order valence-electron chi connectivity index (χ1n) is 6.74. The van der Waals surface area contributed by atoms with Gasteiger partial charge in [-0.05, 0) is 25.5 Å². The van der Waals surface area contributed by atoms with Crippen molar-refractivity contribution in [1.82, 2.24) is 4.98 Å². The lowest BCUT2D eigenvalue weighted by molar-refractivity contribution is 0.0977. The van der Waals surface area contributed by atoms with Gasteiger partial charge in [0.2, 0.25) is 5.82 Å². The van der Waals surface area contributed by atoms with Gasteiger partial charge in [-0.1, -0.05) is 0 Å². The highest BCUT2D eigenvalue weighted by Crippen LogP contribution is 2.24. The molecule has 1 aromatic carbocycles. The van der Waals surface area contributed by atoms with Gasteiger partial charge in [0.15, 0.2) is 34.8 Å². The number of rotatable bonds is 5. The van der Waals surface area contributed by atoms with E-state index in [2.05, 4.69) is 4.98 Å². The van der Waals surface area contributed by atoms with Gasteiger partial charge in [0, 0.05) is 23.7 Å². The monoisotopic (exact) mass is 343 g/mol. The van der Waals surface area contributed by atoms with Crippen LogP contribution in [0.25, 0.3) is 0 Å². The zero-order valence-electron chi connectivity index (χ0n) is 12.3. The van der Waals surface area contributed by atoms with Crippen molar-refractivity contribution >= 4 is 11.6 Å². The Morgan fingerprint density at radius 3 is 2.04 bits per heavy atom. The molecule has 0 N–H and O–H groups in total.